The molecule has 2 aromatic rings. The molecule has 0 aromatic heterocycles. The van der Waals surface area contributed by atoms with Crippen molar-refractivity contribution in [2.24, 2.45) is 0 Å². The van der Waals surface area contributed by atoms with Crippen LogP contribution in [0.5, 0.6) is 5.75 Å². The second kappa shape index (κ2) is 5.88. The van der Waals surface area contributed by atoms with Crippen LogP contribution in [-0.4, -0.2) is 6.10 Å². The molecule has 0 aliphatic rings. The van der Waals surface area contributed by atoms with E-state index in [0.29, 0.717) is 6.42 Å². The highest BCUT2D eigenvalue weighted by Crippen LogP contribution is 2.30. The van der Waals surface area contributed by atoms with E-state index in [1.807, 2.05) is 61.5 Å². The van der Waals surface area contributed by atoms with Gasteiger partial charge < -0.3 is 4.74 Å². The molecule has 2 aromatic carbocycles. The molecule has 0 bridgehead atoms. The van der Waals surface area contributed by atoms with E-state index in [4.69, 9.17) is 10.00 Å². The molecule has 2 nitrogen and oxygen atoms in total. The highest BCUT2D eigenvalue weighted by molar-refractivity contribution is 5.70. The van der Waals surface area contributed by atoms with Crippen molar-refractivity contribution in [3.8, 4) is 22.9 Å². The Bertz CT molecular complexity index is 543. The largest absolute Gasteiger partial charge is 0.475 e. The Morgan fingerprint density at radius 2 is 1.72 bits per heavy atom. The van der Waals surface area contributed by atoms with E-state index >= 15 is 0 Å². The van der Waals surface area contributed by atoms with Gasteiger partial charge >= 0.3 is 0 Å². The molecule has 0 fully saturated rings. The fourth-order valence-corrected chi connectivity index (χ4v) is 1.78. The standard InChI is InChI=1S/C16H15NO/c1-2-14(12-17)18-16-11-7-6-10-15(16)13-8-4-3-5-9-13/h3-11,14H,2H2,1H3. The molecule has 0 aliphatic heterocycles. The van der Waals surface area contributed by atoms with Gasteiger partial charge in [0.15, 0.2) is 6.10 Å². The molecule has 2 heteroatoms. The zero-order valence-electron chi connectivity index (χ0n) is 10.3. The third kappa shape index (κ3) is 2.70. The summed E-state index contributed by atoms with van der Waals surface area (Å²) < 4.78 is 5.74. The summed E-state index contributed by atoms with van der Waals surface area (Å²) in [5.74, 6) is 0.761. The predicted molar refractivity (Wildman–Crippen MR) is 72.2 cm³/mol. The van der Waals surface area contributed by atoms with Crippen molar-refractivity contribution < 1.29 is 4.74 Å². The van der Waals surface area contributed by atoms with E-state index in [1.165, 1.54) is 0 Å². The average molecular weight is 237 g/mol. The van der Waals surface area contributed by atoms with Gasteiger partial charge in [-0.1, -0.05) is 55.5 Å². The lowest BCUT2D eigenvalue weighted by molar-refractivity contribution is 0.253. The van der Waals surface area contributed by atoms with E-state index in [9.17, 15) is 0 Å². The van der Waals surface area contributed by atoms with Crippen LogP contribution in [0.25, 0.3) is 11.1 Å². The number of para-hydroxylation sites is 1. The van der Waals surface area contributed by atoms with Gasteiger partial charge in [-0.3, -0.25) is 0 Å². The number of rotatable bonds is 4. The molecule has 0 spiro atoms. The van der Waals surface area contributed by atoms with Crippen LogP contribution in [0.1, 0.15) is 13.3 Å². The minimum atomic E-state index is -0.394. The average Bonchev–Trinajstić information content (AvgIpc) is 2.46. The highest BCUT2D eigenvalue weighted by Gasteiger charge is 2.10. The molecule has 1 atom stereocenters. The van der Waals surface area contributed by atoms with E-state index in [-0.39, 0.29) is 0 Å². The van der Waals surface area contributed by atoms with Gasteiger partial charge in [-0.2, -0.15) is 5.26 Å². The summed E-state index contributed by atoms with van der Waals surface area (Å²) in [6.07, 6.45) is 0.287. The molecule has 0 amide bonds. The summed E-state index contributed by atoms with van der Waals surface area (Å²) >= 11 is 0. The Hall–Kier alpha value is -2.27. The van der Waals surface area contributed by atoms with Crippen molar-refractivity contribution in [1.82, 2.24) is 0 Å². The van der Waals surface area contributed by atoms with Gasteiger partial charge in [0.2, 0.25) is 0 Å². The summed E-state index contributed by atoms with van der Waals surface area (Å²) in [6.45, 7) is 1.94. The maximum Gasteiger partial charge on any atom is 0.184 e. The maximum absolute atomic E-state index is 8.97. The summed E-state index contributed by atoms with van der Waals surface area (Å²) in [5, 5.41) is 8.97. The van der Waals surface area contributed by atoms with Crippen LogP contribution in [0.2, 0.25) is 0 Å². The number of hydrogen-bond donors (Lipinski definition) is 0. The molecule has 2 rings (SSSR count). The summed E-state index contributed by atoms with van der Waals surface area (Å²) in [6, 6.07) is 20.0. The van der Waals surface area contributed by atoms with Gasteiger partial charge in [-0.25, -0.2) is 0 Å². The Morgan fingerprint density at radius 1 is 1.06 bits per heavy atom. The van der Waals surface area contributed by atoms with Gasteiger partial charge in [0.1, 0.15) is 11.8 Å². The van der Waals surface area contributed by atoms with Crippen molar-refractivity contribution in [2.45, 2.75) is 19.4 Å². The summed E-state index contributed by atoms with van der Waals surface area (Å²) in [5.41, 5.74) is 2.12. The van der Waals surface area contributed by atoms with Gasteiger partial charge in [0.25, 0.3) is 0 Å². The lowest BCUT2D eigenvalue weighted by Crippen LogP contribution is -2.12. The maximum atomic E-state index is 8.97. The first-order chi connectivity index (χ1) is 8.85. The third-order valence-corrected chi connectivity index (χ3v) is 2.76. The molecule has 0 N–H and O–H groups in total. The van der Waals surface area contributed by atoms with E-state index in [1.54, 1.807) is 0 Å². The van der Waals surface area contributed by atoms with E-state index in [0.717, 1.165) is 16.9 Å². The first-order valence-corrected chi connectivity index (χ1v) is 6.06. The number of nitriles is 1. The van der Waals surface area contributed by atoms with Crippen LogP contribution in [0.4, 0.5) is 0 Å². The van der Waals surface area contributed by atoms with Gasteiger partial charge in [0, 0.05) is 5.56 Å². The molecule has 0 saturated carbocycles. The molecule has 90 valence electrons. The zero-order chi connectivity index (χ0) is 12.8. The first kappa shape index (κ1) is 12.2. The van der Waals surface area contributed by atoms with Crippen LogP contribution in [-0.2, 0) is 0 Å². The number of benzene rings is 2. The normalized spacial score (nSPS) is 11.6. The van der Waals surface area contributed by atoms with Crippen LogP contribution >= 0.6 is 0 Å². The monoisotopic (exact) mass is 237 g/mol. The number of ether oxygens (including phenoxy) is 1. The minimum Gasteiger partial charge on any atom is -0.475 e. The summed E-state index contributed by atoms with van der Waals surface area (Å²) in [7, 11) is 0. The Labute approximate surface area is 107 Å². The fraction of sp³-hybridized carbons (Fsp3) is 0.188. The van der Waals surface area contributed by atoms with Gasteiger partial charge in [-0.05, 0) is 18.1 Å². The summed E-state index contributed by atoms with van der Waals surface area (Å²) in [4.78, 5) is 0. The third-order valence-electron chi connectivity index (χ3n) is 2.76. The number of hydrogen-bond acceptors (Lipinski definition) is 2. The molecule has 0 saturated heterocycles. The van der Waals surface area contributed by atoms with Crippen molar-refractivity contribution in [2.75, 3.05) is 0 Å². The van der Waals surface area contributed by atoms with Crippen LogP contribution in [0, 0.1) is 11.3 Å². The Morgan fingerprint density at radius 3 is 2.39 bits per heavy atom. The minimum absolute atomic E-state index is 0.394. The molecule has 0 heterocycles. The van der Waals surface area contributed by atoms with Crippen molar-refractivity contribution in [1.29, 1.82) is 5.26 Å². The highest BCUT2D eigenvalue weighted by atomic mass is 16.5. The Balaban J connectivity index is 2.35. The van der Waals surface area contributed by atoms with Crippen molar-refractivity contribution >= 4 is 0 Å². The van der Waals surface area contributed by atoms with E-state index < -0.39 is 6.10 Å². The number of nitrogens with zero attached hydrogens (tertiary/aromatic N) is 1. The van der Waals surface area contributed by atoms with Crippen molar-refractivity contribution in [3.63, 3.8) is 0 Å². The Kier molecular flexibility index (Phi) is 3.98. The molecule has 0 aliphatic carbocycles. The lowest BCUT2D eigenvalue weighted by atomic mass is 10.0. The lowest BCUT2D eigenvalue weighted by Gasteiger charge is -2.14. The van der Waals surface area contributed by atoms with Crippen LogP contribution < -0.4 is 4.74 Å². The van der Waals surface area contributed by atoms with E-state index in [2.05, 4.69) is 6.07 Å². The molecule has 18 heavy (non-hydrogen) atoms. The second-order valence-corrected chi connectivity index (χ2v) is 4.01. The quantitative estimate of drug-likeness (QED) is 0.804. The van der Waals surface area contributed by atoms with Crippen LogP contribution in [0.15, 0.2) is 54.6 Å². The molecular formula is C16H15NO. The predicted octanol–water partition coefficient (Wildman–Crippen LogP) is 4.03. The molecule has 0 radical (unpaired) electrons. The molecular weight excluding hydrogens is 222 g/mol. The van der Waals surface area contributed by atoms with Crippen LogP contribution in [0.3, 0.4) is 0 Å². The topological polar surface area (TPSA) is 33.0 Å². The zero-order valence-corrected chi connectivity index (χ0v) is 10.3. The molecule has 1 unspecified atom stereocenters. The second-order valence-electron chi connectivity index (χ2n) is 4.01. The first-order valence-electron chi connectivity index (χ1n) is 6.06. The van der Waals surface area contributed by atoms with Gasteiger partial charge in [-0.15, -0.1) is 0 Å². The van der Waals surface area contributed by atoms with Gasteiger partial charge in [0.05, 0.1) is 0 Å². The van der Waals surface area contributed by atoms with Crippen molar-refractivity contribution in [3.05, 3.63) is 54.6 Å². The fourth-order valence-electron chi connectivity index (χ4n) is 1.78. The smallest absolute Gasteiger partial charge is 0.184 e. The SMILES string of the molecule is CCC(C#N)Oc1ccccc1-c1ccccc1.